The number of primary amides is 1. The summed E-state index contributed by atoms with van der Waals surface area (Å²) in [4.78, 5) is 28.0. The number of benzene rings is 1. The maximum absolute atomic E-state index is 12.4. The Morgan fingerprint density at radius 3 is 2.64 bits per heavy atom. The molecule has 1 aromatic carbocycles. The van der Waals surface area contributed by atoms with Crippen LogP contribution in [0, 0.1) is 0 Å². The fourth-order valence-electron chi connectivity index (χ4n) is 2.54. The van der Waals surface area contributed by atoms with Crippen LogP contribution in [0.5, 0.6) is 0 Å². The summed E-state index contributed by atoms with van der Waals surface area (Å²) >= 11 is 11.9. The number of aryl methyl sites for hydroxylation is 2. The van der Waals surface area contributed by atoms with Crippen molar-refractivity contribution in [3.8, 4) is 0 Å². The molecule has 146 valence electrons. The van der Waals surface area contributed by atoms with Crippen LogP contribution in [0.3, 0.4) is 0 Å². The normalized spacial score (nSPS) is 12.1. The van der Waals surface area contributed by atoms with Crippen molar-refractivity contribution in [3.63, 3.8) is 0 Å². The van der Waals surface area contributed by atoms with E-state index >= 15 is 0 Å². The lowest BCUT2D eigenvalue weighted by atomic mass is 10.0. The number of rotatable bonds is 7. The molecule has 0 aliphatic rings. The Bertz CT molecular complexity index is 1050. The molecule has 2 aromatic heterocycles. The lowest BCUT2D eigenvalue weighted by Gasteiger charge is -2.10. The first-order chi connectivity index (χ1) is 13.3. The minimum Gasteiger partial charge on any atom is -0.369 e. The van der Waals surface area contributed by atoms with Crippen LogP contribution in [0.1, 0.15) is 35.7 Å². The van der Waals surface area contributed by atoms with Gasteiger partial charge in [0.2, 0.25) is 11.8 Å². The summed E-state index contributed by atoms with van der Waals surface area (Å²) in [6.07, 6.45) is 2.64. The fourth-order valence-corrected chi connectivity index (χ4v) is 2.97. The minimum absolute atomic E-state index is 0.0300. The zero-order valence-corrected chi connectivity index (χ0v) is 16.4. The summed E-state index contributed by atoms with van der Waals surface area (Å²) in [7, 11) is 0. The van der Waals surface area contributed by atoms with E-state index in [9.17, 15) is 9.59 Å². The summed E-state index contributed by atoms with van der Waals surface area (Å²) in [5.41, 5.74) is 6.07. The van der Waals surface area contributed by atoms with Crippen LogP contribution in [0.4, 0.5) is 0 Å². The number of amides is 1. The van der Waals surface area contributed by atoms with Gasteiger partial charge in [-0.15, -0.1) is 0 Å². The van der Waals surface area contributed by atoms with Crippen molar-refractivity contribution in [2.45, 2.75) is 32.2 Å². The minimum atomic E-state index is -0.717. The molecule has 0 spiro atoms. The molecular formula is C18H17Cl2N5O3. The van der Waals surface area contributed by atoms with Crippen molar-refractivity contribution in [1.82, 2.24) is 19.9 Å². The lowest BCUT2D eigenvalue weighted by Crippen LogP contribution is -2.28. The first-order valence-electron chi connectivity index (χ1n) is 8.46. The zero-order valence-electron chi connectivity index (χ0n) is 14.9. The number of hydrogen-bond acceptors (Lipinski definition) is 6. The van der Waals surface area contributed by atoms with E-state index in [1.807, 2.05) is 24.3 Å². The van der Waals surface area contributed by atoms with Gasteiger partial charge in [-0.2, -0.15) is 10.1 Å². The molecule has 0 aliphatic heterocycles. The highest BCUT2D eigenvalue weighted by Gasteiger charge is 2.20. The predicted octanol–water partition coefficient (Wildman–Crippen LogP) is 2.36. The Balaban J connectivity index is 1.69. The number of nitrogens with zero attached hydrogens (tertiary/aromatic N) is 4. The van der Waals surface area contributed by atoms with Crippen molar-refractivity contribution in [2.75, 3.05) is 0 Å². The van der Waals surface area contributed by atoms with Gasteiger partial charge in [0.05, 0.1) is 12.1 Å². The molecule has 3 aromatic rings. The second kappa shape index (κ2) is 8.53. The van der Waals surface area contributed by atoms with Crippen LogP contribution in [0.25, 0.3) is 0 Å². The molecule has 2 N–H and O–H groups in total. The third-order valence-electron chi connectivity index (χ3n) is 4.25. The number of carbonyl (C=O) groups excluding carboxylic acids is 1. The second-order valence-electron chi connectivity index (χ2n) is 6.23. The number of carbonyl (C=O) groups is 1. The Morgan fingerprint density at radius 1 is 1.25 bits per heavy atom. The van der Waals surface area contributed by atoms with E-state index in [1.54, 1.807) is 6.92 Å². The largest absolute Gasteiger partial charge is 0.369 e. The maximum atomic E-state index is 12.4. The highest BCUT2D eigenvalue weighted by Crippen LogP contribution is 2.20. The molecule has 0 radical (unpaired) electrons. The van der Waals surface area contributed by atoms with Crippen LogP contribution in [-0.4, -0.2) is 25.8 Å². The van der Waals surface area contributed by atoms with Crippen LogP contribution in [-0.2, 0) is 24.2 Å². The van der Waals surface area contributed by atoms with Gasteiger partial charge in [0.15, 0.2) is 5.82 Å². The van der Waals surface area contributed by atoms with Gasteiger partial charge >= 0.3 is 0 Å². The molecule has 0 bridgehead atoms. The van der Waals surface area contributed by atoms with Gasteiger partial charge in [0.1, 0.15) is 11.6 Å². The Kier molecular flexibility index (Phi) is 6.11. The van der Waals surface area contributed by atoms with Crippen LogP contribution in [0.2, 0.25) is 10.0 Å². The maximum Gasteiger partial charge on any atom is 0.286 e. The molecule has 1 unspecified atom stereocenters. The summed E-state index contributed by atoms with van der Waals surface area (Å²) in [5, 5.41) is 8.51. The second-order valence-corrected chi connectivity index (χ2v) is 7.05. The first-order valence-corrected chi connectivity index (χ1v) is 9.21. The Labute approximate surface area is 170 Å². The van der Waals surface area contributed by atoms with E-state index in [2.05, 4.69) is 15.2 Å². The van der Waals surface area contributed by atoms with Crippen molar-refractivity contribution < 1.29 is 9.32 Å². The molecule has 8 nitrogen and oxygen atoms in total. The number of nitrogens with two attached hydrogens (primary N) is 1. The van der Waals surface area contributed by atoms with E-state index < -0.39 is 17.4 Å². The SMILES string of the molecule is CC(C(N)=O)c1cnn(Cc2nc(CCc3ccc(Cl)cc3)no2)c(=O)c1Cl. The average molecular weight is 422 g/mol. The van der Waals surface area contributed by atoms with E-state index in [4.69, 9.17) is 33.5 Å². The molecular weight excluding hydrogens is 405 g/mol. The Morgan fingerprint density at radius 2 is 1.96 bits per heavy atom. The first kappa shape index (κ1) is 20.0. The molecule has 28 heavy (non-hydrogen) atoms. The van der Waals surface area contributed by atoms with Crippen LogP contribution in [0.15, 0.2) is 39.8 Å². The fraction of sp³-hybridized carbons (Fsp3) is 0.278. The van der Waals surface area contributed by atoms with Crippen molar-refractivity contribution >= 4 is 29.1 Å². The molecule has 3 rings (SSSR count). The molecule has 0 saturated heterocycles. The lowest BCUT2D eigenvalue weighted by molar-refractivity contribution is -0.119. The third kappa shape index (κ3) is 4.58. The predicted molar refractivity (Wildman–Crippen MR) is 103 cm³/mol. The van der Waals surface area contributed by atoms with E-state index in [1.165, 1.54) is 6.20 Å². The highest BCUT2D eigenvalue weighted by atomic mass is 35.5. The van der Waals surface area contributed by atoms with Crippen molar-refractivity contribution in [3.05, 3.63) is 73.7 Å². The van der Waals surface area contributed by atoms with Crippen LogP contribution >= 0.6 is 23.2 Å². The van der Waals surface area contributed by atoms with Gasteiger partial charge in [0.25, 0.3) is 5.56 Å². The molecule has 0 fully saturated rings. The van der Waals surface area contributed by atoms with E-state index in [-0.39, 0.29) is 23.0 Å². The summed E-state index contributed by atoms with van der Waals surface area (Å²) in [6.45, 7) is 1.53. The molecule has 10 heteroatoms. The highest BCUT2D eigenvalue weighted by molar-refractivity contribution is 6.31. The van der Waals surface area contributed by atoms with Crippen LogP contribution < -0.4 is 11.3 Å². The monoisotopic (exact) mass is 421 g/mol. The molecule has 0 saturated carbocycles. The Hall–Kier alpha value is -2.71. The van der Waals surface area contributed by atoms with Gasteiger partial charge in [-0.05, 0) is 31.0 Å². The third-order valence-corrected chi connectivity index (χ3v) is 4.88. The van der Waals surface area contributed by atoms with Gasteiger partial charge in [-0.3, -0.25) is 9.59 Å². The summed E-state index contributed by atoms with van der Waals surface area (Å²) in [6, 6.07) is 7.51. The molecule has 1 amide bonds. The summed E-state index contributed by atoms with van der Waals surface area (Å²) < 4.78 is 6.28. The van der Waals surface area contributed by atoms with Gasteiger partial charge in [-0.1, -0.05) is 40.5 Å². The standard InChI is InChI=1S/C18H17Cl2N5O3/c1-10(17(21)26)13-8-22-25(18(27)16(13)20)9-15-23-14(24-28-15)7-4-11-2-5-12(19)6-3-11/h2-3,5-6,8,10H,4,7,9H2,1H3,(H2,21,26). The topological polar surface area (TPSA) is 117 Å². The molecule has 2 heterocycles. The average Bonchev–Trinajstić information content (AvgIpc) is 3.12. The number of halogens is 2. The molecule has 0 aliphatic carbocycles. The van der Waals surface area contributed by atoms with Crippen molar-refractivity contribution in [1.29, 1.82) is 0 Å². The quantitative estimate of drug-likeness (QED) is 0.625. The van der Waals surface area contributed by atoms with Gasteiger partial charge in [0, 0.05) is 17.0 Å². The smallest absolute Gasteiger partial charge is 0.286 e. The van der Waals surface area contributed by atoms with Gasteiger partial charge < -0.3 is 10.3 Å². The zero-order chi connectivity index (χ0) is 20.3. The van der Waals surface area contributed by atoms with E-state index in [0.717, 1.165) is 16.7 Å². The summed E-state index contributed by atoms with van der Waals surface area (Å²) in [5.74, 6) is -0.566. The molecule has 1 atom stereocenters. The van der Waals surface area contributed by atoms with Crippen molar-refractivity contribution in [2.24, 2.45) is 5.73 Å². The van der Waals surface area contributed by atoms with Gasteiger partial charge in [-0.25, -0.2) is 4.68 Å². The number of aromatic nitrogens is 4. The number of hydrogen-bond donors (Lipinski definition) is 1. The van der Waals surface area contributed by atoms with E-state index in [0.29, 0.717) is 17.3 Å².